The van der Waals surface area contributed by atoms with Crippen LogP contribution < -0.4 is 20.7 Å². The Hall–Kier alpha value is -4.24. The minimum Gasteiger partial charge on any atom is -0.505 e. The summed E-state index contributed by atoms with van der Waals surface area (Å²) in [5.41, 5.74) is 1.71. The quantitative estimate of drug-likeness (QED) is 0.158. The molecule has 4 aromatic rings. The lowest BCUT2D eigenvalue weighted by atomic mass is 10.0. The van der Waals surface area contributed by atoms with Gasteiger partial charge in [0.05, 0.1) is 37.8 Å². The second-order valence-corrected chi connectivity index (χ2v) is 8.15. The van der Waals surface area contributed by atoms with Crippen LogP contribution in [0.15, 0.2) is 66.0 Å². The van der Waals surface area contributed by atoms with Gasteiger partial charge in [0.25, 0.3) is 5.91 Å². The minimum atomic E-state index is -0.449. The van der Waals surface area contributed by atoms with E-state index < -0.39 is 11.9 Å². The lowest BCUT2D eigenvalue weighted by Crippen LogP contribution is -2.16. The van der Waals surface area contributed by atoms with E-state index in [1.165, 1.54) is 18.4 Å². The van der Waals surface area contributed by atoms with Gasteiger partial charge in [-0.1, -0.05) is 24.3 Å². The van der Waals surface area contributed by atoms with E-state index in [4.69, 9.17) is 9.47 Å². The molecule has 174 valence electrons. The first-order chi connectivity index (χ1) is 16.5. The molecule has 0 saturated carbocycles. The number of phenolic OH excluding ortho intramolecular Hbond substituents is 1. The van der Waals surface area contributed by atoms with Gasteiger partial charge < -0.3 is 30.5 Å². The number of ether oxygens (including phenoxy) is 2. The lowest BCUT2D eigenvalue weighted by molar-refractivity contribution is 0.0607. The van der Waals surface area contributed by atoms with E-state index in [0.29, 0.717) is 27.7 Å². The zero-order valence-corrected chi connectivity index (χ0v) is 19.4. The molecular formula is C25H23N3O5S. The Labute approximate surface area is 200 Å². The molecule has 0 atom stereocenters. The summed E-state index contributed by atoms with van der Waals surface area (Å²) >= 11 is 1.27. The number of carbonyl (C=O) groups is 2. The monoisotopic (exact) mass is 477 g/mol. The van der Waals surface area contributed by atoms with Gasteiger partial charge >= 0.3 is 5.97 Å². The van der Waals surface area contributed by atoms with E-state index in [1.807, 2.05) is 24.3 Å². The van der Waals surface area contributed by atoms with Crippen molar-refractivity contribution in [2.45, 2.75) is 0 Å². The Kier molecular flexibility index (Phi) is 6.84. The number of nitrogens with one attached hydrogen (secondary N) is 3. The normalized spacial score (nSPS) is 10.5. The topological polar surface area (TPSA) is 109 Å². The average Bonchev–Trinajstić information content (AvgIpc) is 3.33. The van der Waals surface area contributed by atoms with Crippen LogP contribution in [0, 0.1) is 0 Å². The summed E-state index contributed by atoms with van der Waals surface area (Å²) < 4.78 is 9.94. The van der Waals surface area contributed by atoms with Gasteiger partial charge in [-0.2, -0.15) is 0 Å². The van der Waals surface area contributed by atoms with Gasteiger partial charge in [-0.05, 0) is 47.2 Å². The SMILES string of the molecule is COC(=O)c1sccc1NCNc1c(O)c(C(=O)Nc2ccc(OC)cc2)cc2ccccc12. The Balaban J connectivity index is 1.59. The number of thiophene rings is 1. The second-order valence-electron chi connectivity index (χ2n) is 7.24. The fourth-order valence-electron chi connectivity index (χ4n) is 3.49. The molecule has 1 amide bonds. The zero-order valence-electron chi connectivity index (χ0n) is 18.5. The molecule has 0 unspecified atom stereocenters. The van der Waals surface area contributed by atoms with Crippen molar-refractivity contribution in [1.29, 1.82) is 0 Å². The Morgan fingerprint density at radius 1 is 1.00 bits per heavy atom. The van der Waals surface area contributed by atoms with Crippen LogP contribution in [0.3, 0.4) is 0 Å². The first-order valence-corrected chi connectivity index (χ1v) is 11.2. The lowest BCUT2D eigenvalue weighted by Gasteiger charge is -2.16. The third kappa shape index (κ3) is 4.74. The van der Waals surface area contributed by atoms with Gasteiger partial charge in [0.1, 0.15) is 10.6 Å². The number of benzene rings is 3. The number of amides is 1. The number of fused-ring (bicyclic) bond motifs is 1. The molecule has 1 aromatic heterocycles. The van der Waals surface area contributed by atoms with Crippen LogP contribution in [0.2, 0.25) is 0 Å². The van der Waals surface area contributed by atoms with Crippen molar-refractivity contribution in [2.75, 3.05) is 36.8 Å². The fraction of sp³-hybridized carbons (Fsp3) is 0.120. The van der Waals surface area contributed by atoms with E-state index >= 15 is 0 Å². The molecular weight excluding hydrogens is 454 g/mol. The number of carbonyl (C=O) groups excluding carboxylic acids is 2. The molecule has 4 rings (SSSR count). The van der Waals surface area contributed by atoms with Gasteiger partial charge in [0.15, 0.2) is 5.75 Å². The van der Waals surface area contributed by atoms with Gasteiger partial charge in [0, 0.05) is 11.1 Å². The van der Waals surface area contributed by atoms with Crippen LogP contribution in [0.1, 0.15) is 20.0 Å². The standard InChI is InChI=1S/C25H23N3O5S/c1-32-17-9-7-16(8-10-17)28-24(30)19-13-15-5-3-4-6-18(15)21(22(19)29)27-14-26-20-11-12-34-23(20)25(31)33-2/h3-13,26-27,29H,14H2,1-2H3,(H,28,30). The third-order valence-electron chi connectivity index (χ3n) is 5.19. The van der Waals surface area contributed by atoms with Crippen molar-refractivity contribution in [2.24, 2.45) is 0 Å². The number of hydrogen-bond acceptors (Lipinski definition) is 8. The number of rotatable bonds is 8. The first kappa shape index (κ1) is 22.9. The predicted molar refractivity (Wildman–Crippen MR) is 134 cm³/mol. The largest absolute Gasteiger partial charge is 0.505 e. The average molecular weight is 478 g/mol. The maximum atomic E-state index is 13.0. The highest BCUT2D eigenvalue weighted by molar-refractivity contribution is 7.12. The van der Waals surface area contributed by atoms with Crippen LogP contribution in [0.25, 0.3) is 10.8 Å². The van der Waals surface area contributed by atoms with E-state index in [1.54, 1.807) is 48.9 Å². The molecule has 1 heterocycles. The van der Waals surface area contributed by atoms with Crippen molar-refractivity contribution < 1.29 is 24.2 Å². The molecule has 0 bridgehead atoms. The highest BCUT2D eigenvalue weighted by Crippen LogP contribution is 2.36. The minimum absolute atomic E-state index is 0.128. The van der Waals surface area contributed by atoms with Crippen LogP contribution in [0.5, 0.6) is 11.5 Å². The highest BCUT2D eigenvalue weighted by Gasteiger charge is 2.19. The Bertz CT molecular complexity index is 1330. The maximum Gasteiger partial charge on any atom is 0.350 e. The summed E-state index contributed by atoms with van der Waals surface area (Å²) in [4.78, 5) is 25.4. The summed E-state index contributed by atoms with van der Waals surface area (Å²) in [5, 5.41) is 23.4. The van der Waals surface area contributed by atoms with Crippen LogP contribution >= 0.6 is 11.3 Å². The molecule has 0 aliphatic carbocycles. The molecule has 34 heavy (non-hydrogen) atoms. The molecule has 4 N–H and O–H groups in total. The predicted octanol–water partition coefficient (Wildman–Crippen LogP) is 5.14. The van der Waals surface area contributed by atoms with E-state index in [-0.39, 0.29) is 18.0 Å². The van der Waals surface area contributed by atoms with Crippen molar-refractivity contribution >= 4 is 51.0 Å². The van der Waals surface area contributed by atoms with Crippen LogP contribution in [0.4, 0.5) is 17.1 Å². The summed E-state index contributed by atoms with van der Waals surface area (Å²) in [6.07, 6.45) is 0. The molecule has 3 aromatic carbocycles. The number of anilines is 3. The van der Waals surface area contributed by atoms with E-state index in [2.05, 4.69) is 16.0 Å². The number of aromatic hydroxyl groups is 1. The summed E-state index contributed by atoms with van der Waals surface area (Å²) in [7, 11) is 2.90. The Morgan fingerprint density at radius 2 is 1.76 bits per heavy atom. The molecule has 0 radical (unpaired) electrons. The molecule has 0 fully saturated rings. The number of phenols is 1. The summed E-state index contributed by atoms with van der Waals surface area (Å²) in [5.74, 6) is -0.380. The molecule has 0 aliphatic rings. The van der Waals surface area contributed by atoms with Crippen LogP contribution in [-0.2, 0) is 4.74 Å². The van der Waals surface area contributed by atoms with E-state index in [0.717, 1.165) is 10.8 Å². The Morgan fingerprint density at radius 3 is 2.50 bits per heavy atom. The van der Waals surface area contributed by atoms with Crippen LogP contribution in [-0.4, -0.2) is 37.9 Å². The third-order valence-corrected chi connectivity index (χ3v) is 6.09. The number of methoxy groups -OCH3 is 2. The number of hydrogen-bond donors (Lipinski definition) is 4. The number of esters is 1. The second kappa shape index (κ2) is 10.1. The van der Waals surface area contributed by atoms with Gasteiger partial charge in [-0.15, -0.1) is 11.3 Å². The highest BCUT2D eigenvalue weighted by atomic mass is 32.1. The van der Waals surface area contributed by atoms with E-state index in [9.17, 15) is 14.7 Å². The van der Waals surface area contributed by atoms with Crippen molar-refractivity contribution in [3.8, 4) is 11.5 Å². The fourth-order valence-corrected chi connectivity index (χ4v) is 4.28. The van der Waals surface area contributed by atoms with Crippen molar-refractivity contribution in [1.82, 2.24) is 0 Å². The van der Waals surface area contributed by atoms with Gasteiger partial charge in [-0.3, -0.25) is 4.79 Å². The molecule has 0 saturated heterocycles. The van der Waals surface area contributed by atoms with Crippen molar-refractivity contribution in [3.05, 3.63) is 76.5 Å². The molecule has 8 nitrogen and oxygen atoms in total. The molecule has 0 spiro atoms. The molecule has 9 heteroatoms. The zero-order chi connectivity index (χ0) is 24.1. The van der Waals surface area contributed by atoms with Crippen molar-refractivity contribution in [3.63, 3.8) is 0 Å². The van der Waals surface area contributed by atoms with Gasteiger partial charge in [-0.25, -0.2) is 4.79 Å². The summed E-state index contributed by atoms with van der Waals surface area (Å²) in [6, 6.07) is 17.8. The smallest absolute Gasteiger partial charge is 0.350 e. The summed E-state index contributed by atoms with van der Waals surface area (Å²) in [6.45, 7) is 0.196. The molecule has 0 aliphatic heterocycles. The van der Waals surface area contributed by atoms with Gasteiger partial charge in [0.2, 0.25) is 0 Å². The maximum absolute atomic E-state index is 13.0. The first-order valence-electron chi connectivity index (χ1n) is 10.4.